The van der Waals surface area contributed by atoms with Crippen molar-refractivity contribution in [1.29, 1.82) is 0 Å². The molecule has 0 spiro atoms. The Kier molecular flexibility index (Phi) is 12.6. The van der Waals surface area contributed by atoms with Crippen LogP contribution >= 0.6 is 0 Å². The maximum Gasteiger partial charge on any atom is 0.331 e. The first-order valence-corrected chi connectivity index (χ1v) is 16.7. The van der Waals surface area contributed by atoms with Crippen LogP contribution in [0.4, 0.5) is 27.6 Å². The van der Waals surface area contributed by atoms with Crippen molar-refractivity contribution in [1.82, 2.24) is 20.1 Å². The second-order valence-electron chi connectivity index (χ2n) is 13.1. The van der Waals surface area contributed by atoms with Gasteiger partial charge in [0.15, 0.2) is 0 Å². The molecule has 0 unspecified atom stereocenters. The number of nitrogens with one attached hydrogen (secondary N) is 2. The molecule has 15 heteroatoms. The van der Waals surface area contributed by atoms with Crippen molar-refractivity contribution in [2.24, 2.45) is 11.8 Å². The Labute approximate surface area is 288 Å². The highest BCUT2D eigenvalue weighted by atomic mass is 19.3. The minimum Gasteiger partial charge on any atom is -0.481 e. The van der Waals surface area contributed by atoms with Crippen molar-refractivity contribution in [3.63, 3.8) is 0 Å². The molecule has 2 heterocycles. The van der Waals surface area contributed by atoms with Crippen LogP contribution in [0.15, 0.2) is 36.5 Å². The van der Waals surface area contributed by atoms with E-state index >= 15 is 13.2 Å². The third-order valence-corrected chi connectivity index (χ3v) is 9.73. The molecule has 50 heavy (non-hydrogen) atoms. The number of carbonyl (C=O) groups excluding carboxylic acids is 4. The van der Waals surface area contributed by atoms with Crippen molar-refractivity contribution < 1.29 is 45.9 Å². The van der Waals surface area contributed by atoms with Crippen LogP contribution in [-0.2, 0) is 25.1 Å². The molecule has 1 aliphatic carbocycles. The third-order valence-electron chi connectivity index (χ3n) is 9.73. The van der Waals surface area contributed by atoms with E-state index in [2.05, 4.69) is 20.5 Å². The lowest BCUT2D eigenvalue weighted by Gasteiger charge is -2.36. The van der Waals surface area contributed by atoms with Crippen molar-refractivity contribution in [2.45, 2.75) is 76.2 Å². The zero-order valence-corrected chi connectivity index (χ0v) is 28.6. The second kappa shape index (κ2) is 16.3. The number of Topliss-reactive ketones (excluding diaryl/α,β-unsaturated/α-hetero) is 1. The van der Waals surface area contributed by atoms with Crippen LogP contribution in [-0.4, -0.2) is 90.6 Å². The standard InChI is InChI=1S/C35H44F5N5O5/c1-5-29(47)43-31(33(49)45-16-14-44(3)15-17-45)21(2)23-6-8-27(26(36)18-23)42-32(48)25(22-10-12-34(37,38)13-11-22)19-28(46)35(39,40)24-7-9-30(50-4)41-20-24/h6-9,18,20-22,25,31H,5,10-17,19H2,1-4H3,(H,42,48)(H,43,47)/t21-,25-,31+/m0/s1. The number of hydrogen-bond acceptors (Lipinski definition) is 7. The SMILES string of the molecule is CCC(=O)N[C@@H](C(=O)N1CCN(C)CC1)[C@@H](C)c1ccc(NC(=O)[C@@H](CC(=O)C(F)(F)c2ccc(OC)nc2)C2CCC(F)(F)CC2)c(F)c1. The summed E-state index contributed by atoms with van der Waals surface area (Å²) < 4.78 is 79.0. The number of amides is 3. The lowest BCUT2D eigenvalue weighted by molar-refractivity contribution is -0.148. The van der Waals surface area contributed by atoms with Gasteiger partial charge in [0.2, 0.25) is 35.3 Å². The van der Waals surface area contributed by atoms with Crippen LogP contribution in [0, 0.1) is 17.7 Å². The molecule has 0 radical (unpaired) electrons. The largest absolute Gasteiger partial charge is 0.481 e. The topological polar surface area (TPSA) is 121 Å². The molecular formula is C35H44F5N5O5. The molecular weight excluding hydrogens is 665 g/mol. The summed E-state index contributed by atoms with van der Waals surface area (Å²) >= 11 is 0. The first-order valence-electron chi connectivity index (χ1n) is 16.7. The highest BCUT2D eigenvalue weighted by Gasteiger charge is 2.46. The number of alkyl halides is 4. The molecule has 2 aliphatic rings. The maximum atomic E-state index is 15.6. The first kappa shape index (κ1) is 38.7. The summed E-state index contributed by atoms with van der Waals surface area (Å²) in [5.74, 6) is -14.1. The van der Waals surface area contributed by atoms with E-state index in [1.807, 2.05) is 7.05 Å². The molecule has 2 fully saturated rings. The van der Waals surface area contributed by atoms with E-state index in [1.165, 1.54) is 19.2 Å². The van der Waals surface area contributed by atoms with Crippen molar-refractivity contribution in [3.05, 3.63) is 53.5 Å². The molecule has 3 atom stereocenters. The Morgan fingerprint density at radius 2 is 1.72 bits per heavy atom. The van der Waals surface area contributed by atoms with Gasteiger partial charge < -0.3 is 25.2 Å². The quantitative estimate of drug-likeness (QED) is 0.277. The smallest absolute Gasteiger partial charge is 0.331 e. The van der Waals surface area contributed by atoms with Gasteiger partial charge in [-0.25, -0.2) is 18.2 Å². The summed E-state index contributed by atoms with van der Waals surface area (Å²) in [6, 6.07) is 4.94. The molecule has 4 rings (SSSR count). The number of hydrogen-bond donors (Lipinski definition) is 2. The van der Waals surface area contributed by atoms with Crippen molar-refractivity contribution in [2.75, 3.05) is 45.7 Å². The number of rotatable bonds is 13. The van der Waals surface area contributed by atoms with Gasteiger partial charge in [0.05, 0.1) is 12.8 Å². The van der Waals surface area contributed by atoms with Gasteiger partial charge in [0.1, 0.15) is 11.9 Å². The van der Waals surface area contributed by atoms with Crippen LogP contribution in [0.1, 0.15) is 69.4 Å². The average molecular weight is 710 g/mol. The summed E-state index contributed by atoms with van der Waals surface area (Å²) in [6.07, 6.45) is -1.63. The molecule has 0 bridgehead atoms. The minimum absolute atomic E-state index is 0.0442. The lowest BCUT2D eigenvalue weighted by atomic mass is 9.75. The van der Waals surface area contributed by atoms with E-state index in [-0.39, 0.29) is 42.6 Å². The fourth-order valence-corrected chi connectivity index (χ4v) is 6.35. The van der Waals surface area contributed by atoms with Crippen LogP contribution in [0.2, 0.25) is 0 Å². The molecule has 10 nitrogen and oxygen atoms in total. The Morgan fingerprint density at radius 1 is 1.06 bits per heavy atom. The highest BCUT2D eigenvalue weighted by Crippen LogP contribution is 2.42. The number of anilines is 1. The second-order valence-corrected chi connectivity index (χ2v) is 13.1. The lowest BCUT2D eigenvalue weighted by Crippen LogP contribution is -2.55. The van der Waals surface area contributed by atoms with Crippen molar-refractivity contribution in [3.8, 4) is 5.88 Å². The molecule has 2 aromatic rings. The molecule has 1 saturated heterocycles. The summed E-state index contributed by atoms with van der Waals surface area (Å²) in [4.78, 5) is 59.9. The fourth-order valence-electron chi connectivity index (χ4n) is 6.35. The third kappa shape index (κ3) is 9.34. The van der Waals surface area contributed by atoms with Gasteiger partial charge in [-0.05, 0) is 49.6 Å². The van der Waals surface area contributed by atoms with Gasteiger partial charge >= 0.3 is 5.92 Å². The van der Waals surface area contributed by atoms with Crippen LogP contribution in [0.3, 0.4) is 0 Å². The normalized spacial score (nSPS) is 18.9. The van der Waals surface area contributed by atoms with E-state index in [9.17, 15) is 28.0 Å². The number of benzene rings is 1. The van der Waals surface area contributed by atoms with E-state index in [0.29, 0.717) is 31.7 Å². The molecule has 274 valence electrons. The predicted molar refractivity (Wildman–Crippen MR) is 174 cm³/mol. The number of aromatic nitrogens is 1. The number of halogens is 5. The van der Waals surface area contributed by atoms with Gasteiger partial charge in [-0.2, -0.15) is 8.78 Å². The zero-order valence-electron chi connectivity index (χ0n) is 28.6. The highest BCUT2D eigenvalue weighted by molar-refractivity contribution is 5.97. The summed E-state index contributed by atoms with van der Waals surface area (Å²) in [5.41, 5.74) is -0.707. The van der Waals surface area contributed by atoms with Crippen LogP contribution < -0.4 is 15.4 Å². The fraction of sp³-hybridized carbons (Fsp3) is 0.571. The van der Waals surface area contributed by atoms with E-state index in [0.717, 1.165) is 24.4 Å². The van der Waals surface area contributed by atoms with Gasteiger partial charge in [-0.1, -0.05) is 19.9 Å². The molecule has 1 aliphatic heterocycles. The van der Waals surface area contributed by atoms with Gasteiger partial charge in [-0.15, -0.1) is 0 Å². The van der Waals surface area contributed by atoms with E-state index < -0.39 is 78.0 Å². The number of ether oxygens (including phenoxy) is 1. The Bertz CT molecular complexity index is 1520. The summed E-state index contributed by atoms with van der Waals surface area (Å²) in [6.45, 7) is 5.55. The van der Waals surface area contributed by atoms with Crippen LogP contribution in [0.25, 0.3) is 0 Å². The number of nitrogens with zero attached hydrogens (tertiary/aromatic N) is 3. The number of piperazine rings is 1. The summed E-state index contributed by atoms with van der Waals surface area (Å²) in [5, 5.41) is 5.13. The number of ketones is 1. The molecule has 3 amide bonds. The first-order chi connectivity index (χ1) is 23.6. The monoisotopic (exact) mass is 709 g/mol. The van der Waals surface area contributed by atoms with Gasteiger partial charge in [0, 0.05) is 81.5 Å². The Balaban J connectivity index is 1.54. The minimum atomic E-state index is -4.05. The van der Waals surface area contributed by atoms with Gasteiger partial charge in [0.25, 0.3) is 0 Å². The maximum absolute atomic E-state index is 15.6. The zero-order chi connectivity index (χ0) is 36.8. The van der Waals surface area contributed by atoms with Gasteiger partial charge in [-0.3, -0.25) is 19.2 Å². The number of carbonyl (C=O) groups is 4. The predicted octanol–water partition coefficient (Wildman–Crippen LogP) is 5.13. The van der Waals surface area contributed by atoms with Crippen molar-refractivity contribution >= 4 is 29.2 Å². The van der Waals surface area contributed by atoms with E-state index in [1.54, 1.807) is 18.7 Å². The summed E-state index contributed by atoms with van der Waals surface area (Å²) in [7, 11) is 3.23. The molecule has 1 aromatic heterocycles. The average Bonchev–Trinajstić information content (AvgIpc) is 3.10. The Hall–Kier alpha value is -4.14. The molecule has 2 N–H and O–H groups in total. The van der Waals surface area contributed by atoms with Crippen LogP contribution in [0.5, 0.6) is 5.88 Å². The number of methoxy groups -OCH3 is 1. The van der Waals surface area contributed by atoms with E-state index in [4.69, 9.17) is 4.74 Å². The molecule has 1 saturated carbocycles. The molecule has 1 aromatic carbocycles. The Morgan fingerprint density at radius 3 is 2.28 bits per heavy atom. The number of likely N-dealkylation sites (N-methyl/N-ethyl adjacent to an activating group) is 1. The number of pyridine rings is 1.